The number of carbonyl (C=O) groups is 2. The van der Waals surface area contributed by atoms with Crippen molar-refractivity contribution in [1.82, 2.24) is 0 Å². The van der Waals surface area contributed by atoms with Crippen LogP contribution in [0.25, 0.3) is 0 Å². The fourth-order valence-electron chi connectivity index (χ4n) is 2.13. The Morgan fingerprint density at radius 3 is 2.13 bits per heavy atom. The number of rotatable bonds is 10. The lowest BCUT2D eigenvalue weighted by atomic mass is 9.83. The van der Waals surface area contributed by atoms with Crippen LogP contribution >= 0.6 is 0 Å². The summed E-state index contributed by atoms with van der Waals surface area (Å²) in [6, 6.07) is -0.853. The SMILES string of the molecule is CC(C)(C)OC(=O)C(C(=O)[C@@H](N)CCCCN)C(C)(C)O[C]=O. The van der Waals surface area contributed by atoms with E-state index in [-0.39, 0.29) is 0 Å². The van der Waals surface area contributed by atoms with Gasteiger partial charge in [-0.25, -0.2) is 4.79 Å². The monoisotopic (exact) mass is 329 g/mol. The highest BCUT2D eigenvalue weighted by atomic mass is 16.6. The molecule has 0 aliphatic carbocycles. The summed E-state index contributed by atoms with van der Waals surface area (Å²) in [6.45, 7) is 9.76. The van der Waals surface area contributed by atoms with E-state index in [1.165, 1.54) is 20.3 Å². The summed E-state index contributed by atoms with van der Waals surface area (Å²) in [7, 11) is 0. The molecule has 0 rings (SSSR count). The van der Waals surface area contributed by atoms with Gasteiger partial charge in [0, 0.05) is 0 Å². The van der Waals surface area contributed by atoms with Crippen molar-refractivity contribution in [2.75, 3.05) is 6.54 Å². The van der Waals surface area contributed by atoms with Crippen molar-refractivity contribution in [2.45, 2.75) is 71.1 Å². The second kappa shape index (κ2) is 8.98. The molecule has 7 heteroatoms. The highest BCUT2D eigenvalue weighted by molar-refractivity contribution is 6.03. The lowest BCUT2D eigenvalue weighted by molar-refractivity contribution is -0.170. The third kappa shape index (κ3) is 7.56. The van der Waals surface area contributed by atoms with Crippen LogP contribution in [-0.2, 0) is 23.9 Å². The number of nitrogens with two attached hydrogens (primary N) is 2. The van der Waals surface area contributed by atoms with Gasteiger partial charge in [-0.3, -0.25) is 9.59 Å². The highest BCUT2D eigenvalue weighted by Crippen LogP contribution is 2.27. The number of ketones is 1. The summed E-state index contributed by atoms with van der Waals surface area (Å²) in [5.41, 5.74) is 9.14. The molecule has 7 nitrogen and oxygen atoms in total. The van der Waals surface area contributed by atoms with Crippen LogP contribution < -0.4 is 11.5 Å². The Hall–Kier alpha value is -1.47. The molecule has 0 bridgehead atoms. The zero-order chi connectivity index (χ0) is 18.3. The predicted octanol–water partition coefficient (Wildman–Crippen LogP) is 0.832. The Kier molecular flexibility index (Phi) is 8.41. The zero-order valence-electron chi connectivity index (χ0n) is 14.7. The molecule has 133 valence electrons. The predicted molar refractivity (Wildman–Crippen MR) is 86.1 cm³/mol. The number of carbonyl (C=O) groups excluding carboxylic acids is 3. The van der Waals surface area contributed by atoms with Crippen LogP contribution in [0.2, 0.25) is 0 Å². The van der Waals surface area contributed by atoms with E-state index in [1.54, 1.807) is 20.8 Å². The highest BCUT2D eigenvalue weighted by Gasteiger charge is 2.46. The van der Waals surface area contributed by atoms with Crippen LogP contribution in [0.1, 0.15) is 53.9 Å². The first-order valence-corrected chi connectivity index (χ1v) is 7.73. The Bertz CT molecular complexity index is 415. The molecule has 2 atom stereocenters. The Labute approximate surface area is 138 Å². The Morgan fingerprint density at radius 1 is 1.13 bits per heavy atom. The summed E-state index contributed by atoms with van der Waals surface area (Å²) in [5, 5.41) is 0. The summed E-state index contributed by atoms with van der Waals surface area (Å²) in [5.74, 6) is -2.59. The molecule has 0 heterocycles. The first kappa shape index (κ1) is 21.5. The van der Waals surface area contributed by atoms with Gasteiger partial charge in [0.25, 0.3) is 0 Å². The molecule has 1 radical (unpaired) electrons. The van der Waals surface area contributed by atoms with E-state index < -0.39 is 34.9 Å². The average Bonchev–Trinajstić information content (AvgIpc) is 2.36. The van der Waals surface area contributed by atoms with Gasteiger partial charge in [0.2, 0.25) is 0 Å². The van der Waals surface area contributed by atoms with Crippen molar-refractivity contribution in [2.24, 2.45) is 17.4 Å². The summed E-state index contributed by atoms with van der Waals surface area (Å²) < 4.78 is 10.1. The van der Waals surface area contributed by atoms with E-state index in [0.29, 0.717) is 19.4 Å². The molecule has 0 aromatic carbocycles. The van der Waals surface area contributed by atoms with Crippen LogP contribution in [0, 0.1) is 5.92 Å². The van der Waals surface area contributed by atoms with Gasteiger partial charge in [0.15, 0.2) is 11.7 Å². The number of unbranched alkanes of at least 4 members (excludes halogenated alkanes) is 1. The lowest BCUT2D eigenvalue weighted by Gasteiger charge is -2.33. The van der Waals surface area contributed by atoms with Crippen LogP contribution in [0.5, 0.6) is 0 Å². The van der Waals surface area contributed by atoms with Gasteiger partial charge >= 0.3 is 12.4 Å². The third-order valence-corrected chi connectivity index (χ3v) is 3.26. The molecule has 1 unspecified atom stereocenters. The Morgan fingerprint density at radius 2 is 1.70 bits per heavy atom. The molecule has 0 saturated carbocycles. The summed E-state index contributed by atoms with van der Waals surface area (Å²) in [6.07, 6.45) is 1.81. The molecule has 0 saturated heterocycles. The lowest BCUT2D eigenvalue weighted by Crippen LogP contribution is -2.51. The molecule has 0 spiro atoms. The van der Waals surface area contributed by atoms with Crippen molar-refractivity contribution in [3.8, 4) is 0 Å². The van der Waals surface area contributed by atoms with Crippen molar-refractivity contribution >= 4 is 18.2 Å². The second-order valence-electron chi connectivity index (χ2n) is 7.05. The van der Waals surface area contributed by atoms with Crippen molar-refractivity contribution in [1.29, 1.82) is 0 Å². The maximum atomic E-state index is 12.6. The zero-order valence-corrected chi connectivity index (χ0v) is 14.7. The molecule has 23 heavy (non-hydrogen) atoms. The fraction of sp³-hybridized carbons (Fsp3) is 0.812. The van der Waals surface area contributed by atoms with E-state index in [0.717, 1.165) is 6.42 Å². The van der Waals surface area contributed by atoms with Crippen LogP contribution in [0.3, 0.4) is 0 Å². The molecule has 0 aromatic rings. The van der Waals surface area contributed by atoms with E-state index in [2.05, 4.69) is 0 Å². The minimum absolute atomic E-state index is 0.399. The number of Topliss-reactive ketones (excluding diaryl/α,β-unsaturated/α-hetero) is 1. The van der Waals surface area contributed by atoms with Gasteiger partial charge in [-0.15, -0.1) is 0 Å². The smallest absolute Gasteiger partial charge is 0.418 e. The quantitative estimate of drug-likeness (QED) is 0.346. The topological polar surface area (TPSA) is 122 Å². The molecule has 0 aliphatic rings. The number of hydrogen-bond donors (Lipinski definition) is 2. The van der Waals surface area contributed by atoms with Crippen LogP contribution in [-0.4, -0.2) is 42.0 Å². The third-order valence-electron chi connectivity index (χ3n) is 3.26. The van der Waals surface area contributed by atoms with Crippen molar-refractivity contribution < 1.29 is 23.9 Å². The van der Waals surface area contributed by atoms with Gasteiger partial charge in [-0.1, -0.05) is 6.42 Å². The van der Waals surface area contributed by atoms with Gasteiger partial charge in [0.1, 0.15) is 11.2 Å². The molecule has 0 fully saturated rings. The molecule has 0 aliphatic heterocycles. The van der Waals surface area contributed by atoms with Crippen molar-refractivity contribution in [3.05, 3.63) is 0 Å². The summed E-state index contributed by atoms with van der Waals surface area (Å²) >= 11 is 0. The number of ether oxygens (including phenoxy) is 2. The second-order valence-corrected chi connectivity index (χ2v) is 7.05. The number of hydrogen-bond acceptors (Lipinski definition) is 7. The molecule has 0 amide bonds. The van der Waals surface area contributed by atoms with E-state index in [4.69, 9.17) is 20.9 Å². The fourth-order valence-corrected chi connectivity index (χ4v) is 2.13. The minimum Gasteiger partial charge on any atom is -0.459 e. The minimum atomic E-state index is -1.40. The average molecular weight is 329 g/mol. The first-order chi connectivity index (χ1) is 10.5. The van der Waals surface area contributed by atoms with Crippen LogP contribution in [0.4, 0.5) is 0 Å². The van der Waals surface area contributed by atoms with Crippen molar-refractivity contribution in [3.63, 3.8) is 0 Å². The van der Waals surface area contributed by atoms with E-state index >= 15 is 0 Å². The van der Waals surface area contributed by atoms with E-state index in [1.807, 2.05) is 0 Å². The van der Waals surface area contributed by atoms with Crippen LogP contribution in [0.15, 0.2) is 0 Å². The first-order valence-electron chi connectivity index (χ1n) is 7.73. The standard InChI is InChI=1S/C16H29N2O5/c1-15(2,3)23-14(21)12(16(4,5)22-10-19)13(20)11(18)8-6-7-9-17/h11-12H,6-9,17-18H2,1-5H3/t11-,12?/m0/s1. The van der Waals surface area contributed by atoms with Gasteiger partial charge in [0.05, 0.1) is 6.04 Å². The normalized spacial score (nSPS) is 14.7. The van der Waals surface area contributed by atoms with Gasteiger partial charge in [-0.2, -0.15) is 0 Å². The number of esters is 1. The molecule has 4 N–H and O–H groups in total. The molecular weight excluding hydrogens is 300 g/mol. The molecular formula is C16H29N2O5. The van der Waals surface area contributed by atoms with Gasteiger partial charge < -0.3 is 20.9 Å². The van der Waals surface area contributed by atoms with Gasteiger partial charge in [-0.05, 0) is 54.0 Å². The maximum absolute atomic E-state index is 12.6. The maximum Gasteiger partial charge on any atom is 0.418 e. The Balaban J connectivity index is 5.29. The summed E-state index contributed by atoms with van der Waals surface area (Å²) in [4.78, 5) is 35.6. The largest absolute Gasteiger partial charge is 0.459 e. The van der Waals surface area contributed by atoms with E-state index in [9.17, 15) is 14.4 Å². The molecule has 0 aromatic heterocycles.